The van der Waals surface area contributed by atoms with Gasteiger partial charge in [0, 0.05) is 10.9 Å². The number of rotatable bonds is 1. The number of hydrogen-bond donors (Lipinski definition) is 1. The van der Waals surface area contributed by atoms with Crippen LogP contribution in [0.25, 0.3) is 10.8 Å². The van der Waals surface area contributed by atoms with Crippen LogP contribution in [0.1, 0.15) is 11.1 Å². The number of hydrogen-bond acceptors (Lipinski definition) is 1. The average molecular weight is 276 g/mol. The first kappa shape index (κ1) is 13.6. The molecule has 2 aromatic carbocycles. The van der Waals surface area contributed by atoms with Crippen LogP contribution in [-0.4, -0.2) is 11.3 Å². The summed E-state index contributed by atoms with van der Waals surface area (Å²) < 4.78 is 64.4. The Morgan fingerprint density at radius 1 is 0.947 bits per heavy atom. The van der Waals surface area contributed by atoms with E-state index in [4.69, 9.17) is 0 Å². The van der Waals surface area contributed by atoms with Gasteiger partial charge in [-0.05, 0) is 23.9 Å². The first-order valence-electron chi connectivity index (χ1n) is 5.32. The van der Waals surface area contributed by atoms with Crippen LogP contribution >= 0.6 is 0 Å². The number of phenols is 1. The van der Waals surface area contributed by atoms with Crippen molar-refractivity contribution in [2.75, 3.05) is 0 Å². The molecule has 0 amide bonds. The van der Waals surface area contributed by atoms with Gasteiger partial charge in [-0.15, -0.1) is 0 Å². The number of aromatic hydroxyl groups is 1. The third kappa shape index (κ3) is 2.01. The second-order valence-corrected chi connectivity index (χ2v) is 4.21. The van der Waals surface area contributed by atoms with Crippen molar-refractivity contribution in [3.63, 3.8) is 0 Å². The van der Waals surface area contributed by atoms with Gasteiger partial charge in [-0.2, -0.15) is 22.0 Å². The molecule has 0 saturated heterocycles. The van der Waals surface area contributed by atoms with Gasteiger partial charge in [0.2, 0.25) is 0 Å². The third-order valence-electron chi connectivity index (χ3n) is 2.90. The SMILES string of the molecule is Cc1cc(C(F)(F)C(F)(F)F)c2ccccc2c1O. The lowest BCUT2D eigenvalue weighted by molar-refractivity contribution is -0.288. The summed E-state index contributed by atoms with van der Waals surface area (Å²) in [5, 5.41) is 9.39. The first-order valence-corrected chi connectivity index (χ1v) is 5.32. The van der Waals surface area contributed by atoms with Gasteiger partial charge in [-0.3, -0.25) is 0 Å². The van der Waals surface area contributed by atoms with Gasteiger partial charge in [-0.1, -0.05) is 24.3 Å². The summed E-state index contributed by atoms with van der Waals surface area (Å²) in [5.74, 6) is -5.26. The summed E-state index contributed by atoms with van der Waals surface area (Å²) in [4.78, 5) is 0. The number of alkyl halides is 5. The van der Waals surface area contributed by atoms with Crippen LogP contribution < -0.4 is 0 Å². The molecule has 1 nitrogen and oxygen atoms in total. The Balaban J connectivity index is 2.86. The zero-order valence-electron chi connectivity index (χ0n) is 9.72. The van der Waals surface area contributed by atoms with E-state index in [0.717, 1.165) is 6.07 Å². The van der Waals surface area contributed by atoms with E-state index in [2.05, 4.69) is 0 Å². The first-order chi connectivity index (χ1) is 8.66. The maximum atomic E-state index is 13.5. The molecular formula is C13H9F5O. The van der Waals surface area contributed by atoms with Crippen LogP contribution in [0.5, 0.6) is 5.75 Å². The van der Waals surface area contributed by atoms with Gasteiger partial charge in [0.15, 0.2) is 0 Å². The lowest BCUT2D eigenvalue weighted by atomic mass is 9.96. The smallest absolute Gasteiger partial charge is 0.458 e. The summed E-state index contributed by atoms with van der Waals surface area (Å²) in [7, 11) is 0. The summed E-state index contributed by atoms with van der Waals surface area (Å²) in [6.07, 6.45) is -5.68. The third-order valence-corrected chi connectivity index (χ3v) is 2.90. The van der Waals surface area contributed by atoms with Crippen molar-refractivity contribution >= 4 is 10.8 Å². The second-order valence-electron chi connectivity index (χ2n) is 4.21. The summed E-state index contributed by atoms with van der Waals surface area (Å²) in [6, 6.07) is 5.90. The van der Waals surface area contributed by atoms with E-state index in [1.807, 2.05) is 0 Å². The van der Waals surface area contributed by atoms with E-state index in [0.29, 0.717) is 6.07 Å². The zero-order chi connectivity index (χ0) is 14.4. The predicted octanol–water partition coefficient (Wildman–Crippen LogP) is 4.51. The fourth-order valence-electron chi connectivity index (χ4n) is 1.91. The Morgan fingerprint density at radius 3 is 2.00 bits per heavy atom. The molecule has 19 heavy (non-hydrogen) atoms. The molecule has 0 spiro atoms. The number of aryl methyl sites for hydroxylation is 1. The van der Waals surface area contributed by atoms with E-state index < -0.39 is 17.7 Å². The molecule has 0 unspecified atom stereocenters. The van der Waals surface area contributed by atoms with E-state index in [9.17, 15) is 27.1 Å². The highest BCUT2D eigenvalue weighted by Crippen LogP contribution is 2.47. The lowest BCUT2D eigenvalue weighted by Gasteiger charge is -2.22. The number of benzene rings is 2. The van der Waals surface area contributed by atoms with Gasteiger partial charge in [0.25, 0.3) is 0 Å². The van der Waals surface area contributed by atoms with E-state index >= 15 is 0 Å². The largest absolute Gasteiger partial charge is 0.507 e. The molecule has 6 heteroatoms. The van der Waals surface area contributed by atoms with Gasteiger partial charge < -0.3 is 5.11 Å². The maximum Gasteiger partial charge on any atom is 0.458 e. The Hall–Kier alpha value is -1.85. The van der Waals surface area contributed by atoms with Crippen LogP contribution in [-0.2, 0) is 5.92 Å². The fourth-order valence-corrected chi connectivity index (χ4v) is 1.91. The van der Waals surface area contributed by atoms with Gasteiger partial charge >= 0.3 is 12.1 Å². The molecule has 102 valence electrons. The van der Waals surface area contributed by atoms with Gasteiger partial charge in [0.1, 0.15) is 5.75 Å². The minimum absolute atomic E-state index is 0.0265. The number of fused-ring (bicyclic) bond motifs is 1. The summed E-state index contributed by atoms with van der Waals surface area (Å²) in [5.41, 5.74) is -1.18. The van der Waals surface area contributed by atoms with Crippen molar-refractivity contribution in [2.24, 2.45) is 0 Å². The van der Waals surface area contributed by atoms with Crippen LogP contribution in [0.2, 0.25) is 0 Å². The minimum atomic E-state index is -5.68. The van der Waals surface area contributed by atoms with Crippen molar-refractivity contribution in [1.82, 2.24) is 0 Å². The highest BCUT2D eigenvalue weighted by Gasteiger charge is 2.59. The molecule has 0 aliphatic carbocycles. The topological polar surface area (TPSA) is 20.2 Å². The van der Waals surface area contributed by atoms with Gasteiger partial charge in [0.05, 0.1) is 0 Å². The summed E-state index contributed by atoms with van der Waals surface area (Å²) in [6.45, 7) is 1.28. The van der Waals surface area contributed by atoms with Crippen molar-refractivity contribution in [3.8, 4) is 5.75 Å². The Bertz CT molecular complexity index is 631. The standard InChI is InChI=1S/C13H9F5O/c1-7-6-10(12(14,15)13(16,17)18)8-4-2-3-5-9(8)11(7)19/h2-6,19H,1H3. The Kier molecular flexibility index (Phi) is 2.91. The van der Waals surface area contributed by atoms with Crippen LogP contribution in [0.15, 0.2) is 30.3 Å². The second kappa shape index (κ2) is 4.08. The zero-order valence-corrected chi connectivity index (χ0v) is 9.72. The normalized spacial score (nSPS) is 12.9. The molecule has 0 fully saturated rings. The highest BCUT2D eigenvalue weighted by atomic mass is 19.4. The van der Waals surface area contributed by atoms with Crippen LogP contribution in [0.4, 0.5) is 22.0 Å². The van der Waals surface area contributed by atoms with Crippen molar-refractivity contribution in [1.29, 1.82) is 0 Å². The molecular weight excluding hydrogens is 267 g/mol. The fraction of sp³-hybridized carbons (Fsp3) is 0.231. The molecule has 2 rings (SSSR count). The lowest BCUT2D eigenvalue weighted by Crippen LogP contribution is -2.33. The Labute approximate surface area is 105 Å². The molecule has 0 atom stereocenters. The average Bonchev–Trinajstić information content (AvgIpc) is 2.32. The molecule has 1 N–H and O–H groups in total. The maximum absolute atomic E-state index is 13.5. The number of phenolic OH excluding ortho intramolecular Hbond substituents is 1. The Morgan fingerprint density at radius 2 is 1.47 bits per heavy atom. The molecule has 0 saturated carbocycles. The van der Waals surface area contributed by atoms with Crippen molar-refractivity contribution in [3.05, 3.63) is 41.5 Å². The monoisotopic (exact) mass is 276 g/mol. The molecule has 0 aliphatic heterocycles. The van der Waals surface area contributed by atoms with Crippen LogP contribution in [0, 0.1) is 6.92 Å². The minimum Gasteiger partial charge on any atom is -0.507 e. The van der Waals surface area contributed by atoms with Gasteiger partial charge in [-0.25, -0.2) is 0 Å². The number of halogens is 5. The molecule has 2 aromatic rings. The van der Waals surface area contributed by atoms with Crippen LogP contribution in [0.3, 0.4) is 0 Å². The molecule has 0 aromatic heterocycles. The van der Waals surface area contributed by atoms with Crippen molar-refractivity contribution in [2.45, 2.75) is 19.0 Å². The van der Waals surface area contributed by atoms with Crippen molar-refractivity contribution < 1.29 is 27.1 Å². The quantitative estimate of drug-likeness (QED) is 0.760. The predicted molar refractivity (Wildman–Crippen MR) is 60.3 cm³/mol. The molecule has 0 bridgehead atoms. The molecule has 0 radical (unpaired) electrons. The summed E-state index contributed by atoms with van der Waals surface area (Å²) >= 11 is 0. The molecule has 0 heterocycles. The van der Waals surface area contributed by atoms with E-state index in [1.165, 1.54) is 25.1 Å². The molecule has 0 aliphatic rings. The van der Waals surface area contributed by atoms with E-state index in [-0.39, 0.29) is 22.1 Å². The van der Waals surface area contributed by atoms with E-state index in [1.54, 1.807) is 0 Å². The highest BCUT2D eigenvalue weighted by molar-refractivity contribution is 5.92.